The third-order valence-corrected chi connectivity index (χ3v) is 7.49. The fourth-order valence-electron chi connectivity index (χ4n) is 5.17. The van der Waals surface area contributed by atoms with Gasteiger partial charge in [-0.2, -0.15) is 0 Å². The Labute approximate surface area is 229 Å². The first-order valence-electron chi connectivity index (χ1n) is 12.5. The number of nitrogens with two attached hydrogens (primary N) is 4. The molecule has 2 aliphatic heterocycles. The predicted molar refractivity (Wildman–Crippen MR) is 134 cm³/mol. The molecule has 17 N–H and O–H groups in total. The average molecular weight is 584 g/mol. The van der Waals surface area contributed by atoms with Crippen molar-refractivity contribution < 1.29 is 59.8 Å². The van der Waals surface area contributed by atoms with Crippen LogP contribution in [-0.2, 0) is 18.9 Å². The van der Waals surface area contributed by atoms with Crippen LogP contribution in [0, 0.1) is 0 Å². The third-order valence-electron chi connectivity index (χ3n) is 7.49. The van der Waals surface area contributed by atoms with Crippen LogP contribution in [-0.4, -0.2) is 164 Å². The van der Waals surface area contributed by atoms with E-state index in [1.165, 1.54) is 14.0 Å². The highest BCUT2D eigenvalue weighted by Crippen LogP contribution is 2.39. The van der Waals surface area contributed by atoms with Gasteiger partial charge in [0.15, 0.2) is 24.5 Å². The van der Waals surface area contributed by atoms with Crippen LogP contribution in [0.5, 0.6) is 0 Å². The molecule has 3 fully saturated rings. The minimum Gasteiger partial charge on any atom is -0.394 e. The van der Waals surface area contributed by atoms with Gasteiger partial charge in [-0.25, -0.2) is 9.98 Å². The first-order valence-corrected chi connectivity index (χ1v) is 12.5. The van der Waals surface area contributed by atoms with Crippen molar-refractivity contribution in [2.45, 2.75) is 98.2 Å². The maximum atomic E-state index is 11.3. The monoisotopic (exact) mass is 583 g/mol. The fourth-order valence-corrected chi connectivity index (χ4v) is 5.17. The summed E-state index contributed by atoms with van der Waals surface area (Å²) >= 11 is 0. The molecule has 0 aromatic heterocycles. The second-order valence-corrected chi connectivity index (χ2v) is 10.0. The van der Waals surface area contributed by atoms with E-state index in [0.717, 1.165) is 0 Å². The van der Waals surface area contributed by atoms with Crippen molar-refractivity contribution in [2.24, 2.45) is 32.9 Å². The minimum absolute atomic E-state index is 0.493. The molecule has 3 aliphatic rings. The van der Waals surface area contributed by atoms with Gasteiger partial charge < -0.3 is 88.1 Å². The van der Waals surface area contributed by atoms with E-state index in [-0.39, 0.29) is 0 Å². The summed E-state index contributed by atoms with van der Waals surface area (Å²) in [5, 5.41) is 87.0. The van der Waals surface area contributed by atoms with Gasteiger partial charge in [0.1, 0.15) is 66.5 Å². The summed E-state index contributed by atoms with van der Waals surface area (Å²) in [6.07, 6.45) is -16.9. The molecule has 19 nitrogen and oxygen atoms in total. The molecular formula is C21H41N7O12. The van der Waals surface area contributed by atoms with Gasteiger partial charge in [0.2, 0.25) is 0 Å². The lowest BCUT2D eigenvalue weighted by Crippen LogP contribution is -2.66. The molecule has 0 amide bonds. The van der Waals surface area contributed by atoms with Crippen LogP contribution in [0.1, 0.15) is 6.92 Å². The molecule has 1 aliphatic carbocycles. The summed E-state index contributed by atoms with van der Waals surface area (Å²) in [4.78, 5) is 7.66. The van der Waals surface area contributed by atoms with Gasteiger partial charge in [-0.3, -0.25) is 0 Å². The molecule has 40 heavy (non-hydrogen) atoms. The number of hydrogen-bond acceptors (Lipinski definition) is 15. The number of nitrogens with one attached hydrogen (secondary N) is 1. The van der Waals surface area contributed by atoms with E-state index in [9.17, 15) is 40.9 Å². The Hall–Kier alpha value is -1.98. The molecule has 0 unspecified atom stereocenters. The second kappa shape index (κ2) is 12.9. The van der Waals surface area contributed by atoms with E-state index in [4.69, 9.17) is 41.9 Å². The summed E-state index contributed by atoms with van der Waals surface area (Å²) in [7, 11) is 1.44. The lowest BCUT2D eigenvalue weighted by molar-refractivity contribution is -0.317. The number of likely N-dealkylation sites (N-methyl/N-ethyl adjacent to an activating group) is 1. The SMILES string of the molecule is CN[C@H]1[C@@H](O[C@@H]2[C@@H](O[C@H]3[C@H](O)[C@@H](O)[C@H](N=C(N)N)[C@@H](O)[C@@H]3N=C(N)N)O[C@H](C)[C@@]2(O)CO)O[C@@H](CO)[C@H](O)[C@@H]1O. The zero-order chi connectivity index (χ0) is 30.1. The molecule has 3 rings (SSSR count). The molecule has 0 bridgehead atoms. The van der Waals surface area contributed by atoms with Gasteiger partial charge >= 0.3 is 0 Å². The lowest BCUT2D eigenvalue weighted by Gasteiger charge is -2.45. The Morgan fingerprint density at radius 1 is 0.825 bits per heavy atom. The number of guanidine groups is 2. The van der Waals surface area contributed by atoms with E-state index < -0.39 is 116 Å². The fraction of sp³-hybridized carbons (Fsp3) is 0.905. The molecule has 2 heterocycles. The topological polar surface area (TPSA) is 340 Å². The molecular weight excluding hydrogens is 542 g/mol. The number of aliphatic hydroxyl groups excluding tert-OH is 7. The van der Waals surface area contributed by atoms with Gasteiger partial charge in [-0.1, -0.05) is 0 Å². The highest BCUT2D eigenvalue weighted by atomic mass is 16.8. The van der Waals surface area contributed by atoms with Crippen LogP contribution in [0.25, 0.3) is 0 Å². The Morgan fingerprint density at radius 3 is 1.95 bits per heavy atom. The van der Waals surface area contributed by atoms with Crippen molar-refractivity contribution in [1.29, 1.82) is 0 Å². The van der Waals surface area contributed by atoms with Crippen molar-refractivity contribution in [3.05, 3.63) is 0 Å². The molecule has 15 atom stereocenters. The normalized spacial score (nSPS) is 47.5. The van der Waals surface area contributed by atoms with E-state index in [1.54, 1.807) is 0 Å². The Bertz CT molecular complexity index is 911. The summed E-state index contributed by atoms with van der Waals surface area (Å²) in [5.74, 6) is -1.01. The molecule has 0 aromatic carbocycles. The molecule has 0 aromatic rings. The highest BCUT2D eigenvalue weighted by Gasteiger charge is 2.60. The third kappa shape index (κ3) is 6.11. The van der Waals surface area contributed by atoms with Crippen molar-refractivity contribution in [3.63, 3.8) is 0 Å². The molecule has 232 valence electrons. The number of nitrogens with zero attached hydrogens (tertiary/aromatic N) is 2. The zero-order valence-corrected chi connectivity index (χ0v) is 21.9. The Kier molecular flexibility index (Phi) is 10.5. The molecule has 0 spiro atoms. The van der Waals surface area contributed by atoms with Crippen molar-refractivity contribution in [2.75, 3.05) is 20.3 Å². The summed E-state index contributed by atoms with van der Waals surface area (Å²) in [6, 6.07) is -4.00. The summed E-state index contributed by atoms with van der Waals surface area (Å²) in [6.45, 7) is -0.199. The van der Waals surface area contributed by atoms with Crippen LogP contribution in [0.2, 0.25) is 0 Å². The highest BCUT2D eigenvalue weighted by molar-refractivity contribution is 5.76. The number of ether oxygens (including phenoxy) is 4. The number of aliphatic hydroxyl groups is 8. The van der Waals surface area contributed by atoms with Gasteiger partial charge in [-0.05, 0) is 14.0 Å². The van der Waals surface area contributed by atoms with Crippen molar-refractivity contribution >= 4 is 11.9 Å². The quantitative estimate of drug-likeness (QED) is 0.0884. The minimum atomic E-state index is -2.15. The average Bonchev–Trinajstić information content (AvgIpc) is 3.13. The maximum Gasteiger partial charge on any atom is 0.187 e. The van der Waals surface area contributed by atoms with E-state index in [2.05, 4.69) is 15.3 Å². The molecule has 1 saturated carbocycles. The van der Waals surface area contributed by atoms with Crippen LogP contribution in [0.4, 0.5) is 0 Å². The maximum absolute atomic E-state index is 11.3. The van der Waals surface area contributed by atoms with Gasteiger partial charge in [-0.15, -0.1) is 0 Å². The van der Waals surface area contributed by atoms with Crippen molar-refractivity contribution in [1.82, 2.24) is 5.32 Å². The second-order valence-electron chi connectivity index (χ2n) is 10.0. The first-order chi connectivity index (χ1) is 18.7. The number of aliphatic imine (C=N–C) groups is 2. The smallest absolute Gasteiger partial charge is 0.187 e. The van der Waals surface area contributed by atoms with Gasteiger partial charge in [0.05, 0.1) is 25.4 Å². The van der Waals surface area contributed by atoms with Crippen LogP contribution in [0.15, 0.2) is 9.98 Å². The molecule has 0 radical (unpaired) electrons. The number of hydrogen-bond donors (Lipinski definition) is 13. The molecule has 2 saturated heterocycles. The van der Waals surface area contributed by atoms with E-state index in [1.807, 2.05) is 0 Å². The molecule has 19 heteroatoms. The predicted octanol–water partition coefficient (Wildman–Crippen LogP) is -8.37. The summed E-state index contributed by atoms with van der Waals surface area (Å²) < 4.78 is 23.2. The van der Waals surface area contributed by atoms with E-state index >= 15 is 0 Å². The summed E-state index contributed by atoms with van der Waals surface area (Å²) in [5.41, 5.74) is 19.7. The van der Waals surface area contributed by atoms with Crippen molar-refractivity contribution in [3.8, 4) is 0 Å². The zero-order valence-electron chi connectivity index (χ0n) is 21.9. The van der Waals surface area contributed by atoms with Crippen LogP contribution >= 0.6 is 0 Å². The first kappa shape index (κ1) is 32.5. The number of rotatable bonds is 9. The van der Waals surface area contributed by atoms with Crippen LogP contribution in [0.3, 0.4) is 0 Å². The standard InChI is InChI=1S/C21H41N7O12/c1-5-21(36,4-30)16(40-17-9(26-2)13(34)10(31)6(3-29)38-17)18(37-5)39-15-8(28-20(24)25)11(32)7(27-19(22)23)12(33)14(15)35/h5-18,26,29-36H,3-4H2,1-2H3,(H4,22,23,27)(H4,24,25,28)/t5-,6+,7-,8+,9-,10+,11-,12+,13-,14-,15-,16-,17-,18-,21+/m1/s1. The Morgan fingerprint density at radius 2 is 1.43 bits per heavy atom. The largest absolute Gasteiger partial charge is 0.394 e. The van der Waals surface area contributed by atoms with Gasteiger partial charge in [0, 0.05) is 0 Å². The van der Waals surface area contributed by atoms with Crippen LogP contribution < -0.4 is 28.3 Å². The lowest BCUT2D eigenvalue weighted by atomic mass is 9.81. The van der Waals surface area contributed by atoms with Gasteiger partial charge in [0.25, 0.3) is 0 Å². The van der Waals surface area contributed by atoms with E-state index in [0.29, 0.717) is 0 Å². The Balaban J connectivity index is 1.96.